The fourth-order valence-corrected chi connectivity index (χ4v) is 2.60. The van der Waals surface area contributed by atoms with Gasteiger partial charge in [-0.3, -0.25) is 0 Å². The van der Waals surface area contributed by atoms with E-state index in [1.54, 1.807) is 13.2 Å². The number of benzene rings is 1. The maximum atomic E-state index is 10.6. The van der Waals surface area contributed by atoms with Crippen LogP contribution in [0.4, 0.5) is 0 Å². The minimum atomic E-state index is -0.958. The van der Waals surface area contributed by atoms with Crippen LogP contribution < -0.4 is 4.74 Å². The number of carboxylic acid groups (broad SMARTS) is 1. The highest BCUT2D eigenvalue weighted by Gasteiger charge is 2.09. The predicted molar refractivity (Wildman–Crippen MR) is 85.3 cm³/mol. The highest BCUT2D eigenvalue weighted by Crippen LogP contribution is 2.27. The summed E-state index contributed by atoms with van der Waals surface area (Å²) in [4.78, 5) is 10.6. The van der Waals surface area contributed by atoms with Gasteiger partial charge >= 0.3 is 5.97 Å². The summed E-state index contributed by atoms with van der Waals surface area (Å²) in [6, 6.07) is 5.90. The number of ether oxygens (including phenoxy) is 1. The standard InChI is InChI=1S/C16H22O3S/c1-11(2)12(3)20-10-13-5-7-15(19-4)14(9-13)6-8-16(17)18/h5-9,11-12H,10H2,1-4H3,(H,17,18)/b8-6+. The van der Waals surface area contributed by atoms with Crippen molar-refractivity contribution in [3.63, 3.8) is 0 Å². The molecule has 1 atom stereocenters. The van der Waals surface area contributed by atoms with Crippen molar-refractivity contribution in [1.82, 2.24) is 0 Å². The molecule has 0 bridgehead atoms. The summed E-state index contributed by atoms with van der Waals surface area (Å²) in [5, 5.41) is 9.31. The second kappa shape index (κ2) is 8.00. The molecule has 1 aromatic carbocycles. The molecular formula is C16H22O3S. The van der Waals surface area contributed by atoms with Crippen molar-refractivity contribution < 1.29 is 14.6 Å². The van der Waals surface area contributed by atoms with Gasteiger partial charge in [0.15, 0.2) is 0 Å². The summed E-state index contributed by atoms with van der Waals surface area (Å²) in [5.41, 5.74) is 1.97. The molecule has 0 aliphatic carbocycles. The van der Waals surface area contributed by atoms with E-state index in [0.717, 1.165) is 17.4 Å². The zero-order valence-electron chi connectivity index (χ0n) is 12.4. The number of rotatable bonds is 7. The lowest BCUT2D eigenvalue weighted by Gasteiger charge is -2.15. The molecule has 110 valence electrons. The Balaban J connectivity index is 2.84. The molecule has 20 heavy (non-hydrogen) atoms. The molecule has 0 heterocycles. The summed E-state index contributed by atoms with van der Waals surface area (Å²) >= 11 is 1.90. The van der Waals surface area contributed by atoms with Gasteiger partial charge in [-0.2, -0.15) is 11.8 Å². The number of carbonyl (C=O) groups is 1. The van der Waals surface area contributed by atoms with E-state index in [1.807, 2.05) is 30.0 Å². The first kappa shape index (κ1) is 16.6. The SMILES string of the molecule is COc1ccc(CSC(C)C(C)C)cc1/C=C/C(=O)O. The Morgan fingerprint density at radius 1 is 1.40 bits per heavy atom. The van der Waals surface area contributed by atoms with Crippen molar-refractivity contribution in [2.24, 2.45) is 5.92 Å². The van der Waals surface area contributed by atoms with Gasteiger partial charge in [0.25, 0.3) is 0 Å². The van der Waals surface area contributed by atoms with Crippen LogP contribution in [-0.4, -0.2) is 23.4 Å². The van der Waals surface area contributed by atoms with E-state index in [9.17, 15) is 4.79 Å². The highest BCUT2D eigenvalue weighted by atomic mass is 32.2. The molecule has 0 radical (unpaired) electrons. The maximum Gasteiger partial charge on any atom is 0.328 e. The van der Waals surface area contributed by atoms with Gasteiger partial charge in [-0.1, -0.05) is 26.8 Å². The minimum absolute atomic E-state index is 0.593. The first-order chi connectivity index (χ1) is 9.43. The van der Waals surface area contributed by atoms with Gasteiger partial charge in [-0.25, -0.2) is 4.79 Å². The number of carboxylic acids is 1. The second-order valence-corrected chi connectivity index (χ2v) is 6.37. The smallest absolute Gasteiger partial charge is 0.328 e. The lowest BCUT2D eigenvalue weighted by molar-refractivity contribution is -0.131. The third-order valence-corrected chi connectivity index (χ3v) is 4.72. The fraction of sp³-hybridized carbons (Fsp3) is 0.438. The van der Waals surface area contributed by atoms with E-state index >= 15 is 0 Å². The zero-order chi connectivity index (χ0) is 15.1. The van der Waals surface area contributed by atoms with E-state index in [4.69, 9.17) is 9.84 Å². The molecule has 0 spiro atoms. The first-order valence-electron chi connectivity index (χ1n) is 6.63. The molecule has 4 heteroatoms. The third-order valence-electron chi connectivity index (χ3n) is 3.15. The Labute approximate surface area is 125 Å². The lowest BCUT2D eigenvalue weighted by atomic mass is 10.1. The average Bonchev–Trinajstić information content (AvgIpc) is 2.42. The Morgan fingerprint density at radius 2 is 2.10 bits per heavy atom. The van der Waals surface area contributed by atoms with Crippen LogP contribution in [-0.2, 0) is 10.5 Å². The molecule has 1 N–H and O–H groups in total. The molecule has 3 nitrogen and oxygen atoms in total. The van der Waals surface area contributed by atoms with Crippen molar-refractivity contribution in [1.29, 1.82) is 0 Å². The minimum Gasteiger partial charge on any atom is -0.496 e. The normalized spacial score (nSPS) is 12.8. The summed E-state index contributed by atoms with van der Waals surface area (Å²) in [7, 11) is 1.59. The van der Waals surface area contributed by atoms with Gasteiger partial charge in [0.05, 0.1) is 7.11 Å². The average molecular weight is 294 g/mol. The Kier molecular flexibility index (Phi) is 6.65. The molecule has 0 amide bonds. The molecular weight excluding hydrogens is 272 g/mol. The summed E-state index contributed by atoms with van der Waals surface area (Å²) < 4.78 is 5.25. The summed E-state index contributed by atoms with van der Waals surface area (Å²) in [6.45, 7) is 6.66. The molecule has 1 unspecified atom stereocenters. The fourth-order valence-electron chi connectivity index (χ4n) is 1.59. The Morgan fingerprint density at radius 3 is 2.65 bits per heavy atom. The monoisotopic (exact) mass is 294 g/mol. The largest absolute Gasteiger partial charge is 0.496 e. The molecule has 1 rings (SSSR count). The zero-order valence-corrected chi connectivity index (χ0v) is 13.2. The number of hydrogen-bond acceptors (Lipinski definition) is 3. The van der Waals surface area contributed by atoms with E-state index in [1.165, 1.54) is 5.56 Å². The molecule has 0 aliphatic heterocycles. The van der Waals surface area contributed by atoms with Crippen LogP contribution in [0.25, 0.3) is 6.08 Å². The van der Waals surface area contributed by atoms with Crippen molar-refractivity contribution in [3.8, 4) is 5.75 Å². The van der Waals surface area contributed by atoms with Crippen molar-refractivity contribution in [3.05, 3.63) is 35.4 Å². The lowest BCUT2D eigenvalue weighted by Crippen LogP contribution is -2.05. The van der Waals surface area contributed by atoms with E-state index < -0.39 is 5.97 Å². The number of methoxy groups -OCH3 is 1. The highest BCUT2D eigenvalue weighted by molar-refractivity contribution is 7.99. The predicted octanol–water partition coefficient (Wildman–Crippen LogP) is 4.07. The van der Waals surface area contributed by atoms with Crippen LogP contribution >= 0.6 is 11.8 Å². The number of thioether (sulfide) groups is 1. The second-order valence-electron chi connectivity index (χ2n) is 5.01. The van der Waals surface area contributed by atoms with Crippen LogP contribution in [0, 0.1) is 5.92 Å². The molecule has 0 fully saturated rings. The van der Waals surface area contributed by atoms with Gasteiger partial charge in [0.1, 0.15) is 5.75 Å². The number of aliphatic carboxylic acids is 1. The molecule has 0 saturated heterocycles. The molecule has 1 aromatic rings. The van der Waals surface area contributed by atoms with Crippen LogP contribution in [0.2, 0.25) is 0 Å². The summed E-state index contributed by atoms with van der Waals surface area (Å²) in [5.74, 6) is 1.29. The first-order valence-corrected chi connectivity index (χ1v) is 7.68. The number of hydrogen-bond donors (Lipinski definition) is 1. The summed E-state index contributed by atoms with van der Waals surface area (Å²) in [6.07, 6.45) is 2.70. The van der Waals surface area contributed by atoms with Crippen molar-refractivity contribution in [2.75, 3.05) is 7.11 Å². The Hall–Kier alpha value is -1.42. The van der Waals surface area contributed by atoms with Crippen molar-refractivity contribution >= 4 is 23.8 Å². The van der Waals surface area contributed by atoms with Gasteiger partial charge in [-0.15, -0.1) is 0 Å². The van der Waals surface area contributed by atoms with Crippen molar-refractivity contribution in [2.45, 2.75) is 31.8 Å². The van der Waals surface area contributed by atoms with Crippen LogP contribution in [0.15, 0.2) is 24.3 Å². The topological polar surface area (TPSA) is 46.5 Å². The van der Waals surface area contributed by atoms with Gasteiger partial charge < -0.3 is 9.84 Å². The van der Waals surface area contributed by atoms with Crippen LogP contribution in [0.5, 0.6) is 5.75 Å². The van der Waals surface area contributed by atoms with Gasteiger partial charge in [-0.05, 0) is 29.7 Å². The van der Waals surface area contributed by atoms with Crippen LogP contribution in [0.1, 0.15) is 31.9 Å². The van der Waals surface area contributed by atoms with E-state index in [-0.39, 0.29) is 0 Å². The maximum absolute atomic E-state index is 10.6. The molecule has 0 saturated carbocycles. The van der Waals surface area contributed by atoms with Gasteiger partial charge in [0.2, 0.25) is 0 Å². The van der Waals surface area contributed by atoms with E-state index in [2.05, 4.69) is 20.8 Å². The molecule has 0 aromatic heterocycles. The van der Waals surface area contributed by atoms with Crippen LogP contribution in [0.3, 0.4) is 0 Å². The third kappa shape index (κ3) is 5.29. The van der Waals surface area contributed by atoms with E-state index in [0.29, 0.717) is 16.9 Å². The Bertz CT molecular complexity index is 481. The quantitative estimate of drug-likeness (QED) is 0.770. The van der Waals surface area contributed by atoms with Gasteiger partial charge in [0, 0.05) is 22.6 Å². The molecule has 0 aliphatic rings.